The first-order valence-electron chi connectivity index (χ1n) is 13.6. The molecule has 0 bridgehead atoms. The lowest BCUT2D eigenvalue weighted by Crippen LogP contribution is -2.28. The molecule has 10 nitrogen and oxygen atoms in total. The summed E-state index contributed by atoms with van der Waals surface area (Å²) < 4.78 is 53.6. The van der Waals surface area contributed by atoms with Crippen LogP contribution < -0.4 is 21.3 Å². The largest absolute Gasteiger partial charge is 0.384 e. The first kappa shape index (κ1) is 30.4. The molecule has 0 aromatic carbocycles. The molecule has 0 spiro atoms. The van der Waals surface area contributed by atoms with E-state index in [1.165, 1.54) is 0 Å². The van der Waals surface area contributed by atoms with E-state index in [2.05, 4.69) is 61.8 Å². The van der Waals surface area contributed by atoms with Crippen molar-refractivity contribution in [2.24, 2.45) is 23.7 Å². The zero-order valence-corrected chi connectivity index (χ0v) is 26.1. The number of hydrogen-bond donors (Lipinski definition) is 2. The monoisotopic (exact) mass is 736 g/mol. The van der Waals surface area contributed by atoms with Crippen molar-refractivity contribution in [1.29, 1.82) is 0 Å². The summed E-state index contributed by atoms with van der Waals surface area (Å²) in [5.41, 5.74) is 12.2. The second-order valence-electron chi connectivity index (χ2n) is 10.9. The van der Waals surface area contributed by atoms with Crippen LogP contribution in [0, 0.1) is 23.7 Å². The van der Waals surface area contributed by atoms with E-state index >= 15 is 0 Å². The van der Waals surface area contributed by atoms with Gasteiger partial charge in [-0.25, -0.2) is 47.5 Å². The first-order valence-corrected chi connectivity index (χ1v) is 15.2. The predicted molar refractivity (Wildman–Crippen MR) is 164 cm³/mol. The average molecular weight is 738 g/mol. The molecule has 2 aliphatic heterocycles. The molecule has 4 unspecified atom stereocenters. The van der Waals surface area contributed by atoms with Crippen LogP contribution in [-0.2, 0) is 0 Å². The third-order valence-electron chi connectivity index (χ3n) is 8.06. The van der Waals surface area contributed by atoms with Crippen molar-refractivity contribution in [3.05, 3.63) is 70.4 Å². The number of hydrogen-bond acceptors (Lipinski definition) is 10. The van der Waals surface area contributed by atoms with Crippen molar-refractivity contribution in [2.45, 2.75) is 11.8 Å². The highest BCUT2D eigenvalue weighted by Gasteiger charge is 2.72. The Kier molecular flexibility index (Phi) is 8.07. The lowest BCUT2D eigenvalue weighted by atomic mass is 10.3. The van der Waals surface area contributed by atoms with Gasteiger partial charge in [-0.2, -0.15) is 0 Å². The Labute approximate surface area is 266 Å². The highest BCUT2D eigenvalue weighted by molar-refractivity contribution is 9.10. The number of alkyl halides is 4. The number of piperidine rings is 2. The molecule has 2 saturated heterocycles. The Morgan fingerprint density at radius 1 is 0.591 bits per heavy atom. The lowest BCUT2D eigenvalue weighted by Gasteiger charge is -2.20. The topological polar surface area (TPSA) is 136 Å². The summed E-state index contributed by atoms with van der Waals surface area (Å²) in [7, 11) is 0. The summed E-state index contributed by atoms with van der Waals surface area (Å²) >= 11 is 6.35. The number of halogens is 6. The first-order chi connectivity index (χ1) is 20.9. The summed E-state index contributed by atoms with van der Waals surface area (Å²) in [5.74, 6) is -4.62. The Balaban J connectivity index is 0.000000130. The predicted octanol–water partition coefficient (Wildman–Crippen LogP) is 5.19. The van der Waals surface area contributed by atoms with Gasteiger partial charge in [-0.15, -0.1) is 0 Å². The van der Waals surface area contributed by atoms with Crippen molar-refractivity contribution in [3.63, 3.8) is 0 Å². The molecule has 4 fully saturated rings. The molecule has 2 aliphatic carbocycles. The number of nitrogens with zero attached hydrogens (tertiary/aromatic N) is 8. The van der Waals surface area contributed by atoms with Gasteiger partial charge in [0.05, 0.1) is 54.2 Å². The van der Waals surface area contributed by atoms with Crippen LogP contribution in [0.25, 0.3) is 11.4 Å². The molecule has 4 N–H and O–H groups in total. The quantitative estimate of drug-likeness (QED) is 0.214. The molecule has 44 heavy (non-hydrogen) atoms. The summed E-state index contributed by atoms with van der Waals surface area (Å²) in [6.07, 6.45) is 6.38. The van der Waals surface area contributed by atoms with Crippen LogP contribution in [0.1, 0.15) is 0 Å². The second-order valence-corrected chi connectivity index (χ2v) is 12.5. The van der Waals surface area contributed by atoms with Crippen LogP contribution in [-0.4, -0.2) is 67.9 Å². The van der Waals surface area contributed by atoms with E-state index < -0.39 is 35.5 Å². The van der Waals surface area contributed by atoms with E-state index in [1.807, 2.05) is 21.9 Å². The molecule has 16 heteroatoms. The van der Waals surface area contributed by atoms with Crippen LogP contribution in [0.4, 0.5) is 40.8 Å². The summed E-state index contributed by atoms with van der Waals surface area (Å²) in [4.78, 5) is 28.5. The Morgan fingerprint density at radius 2 is 1.09 bits per heavy atom. The van der Waals surface area contributed by atoms with Gasteiger partial charge < -0.3 is 21.3 Å². The van der Waals surface area contributed by atoms with Crippen molar-refractivity contribution >= 4 is 55.1 Å². The number of anilines is 4. The smallest absolute Gasteiger partial charge is 0.258 e. The third-order valence-corrected chi connectivity index (χ3v) is 8.91. The van der Waals surface area contributed by atoms with Crippen molar-refractivity contribution in [1.82, 2.24) is 29.9 Å². The molecule has 230 valence electrons. The minimum Gasteiger partial charge on any atom is -0.384 e. The van der Waals surface area contributed by atoms with E-state index in [-0.39, 0.29) is 0 Å². The fraction of sp³-hybridized carbons (Fsp3) is 0.357. The zero-order chi connectivity index (χ0) is 31.2. The molecule has 4 aliphatic rings. The minimum atomic E-state index is -2.48. The standard InChI is InChI=1S/C14H13F2N5.C9H8BrF2N3.C5H5BrN2/c15-14(16)8-6-21(7-9(8)14)13-5-18-11(4-19-13)10-2-1-3-12(17)20-10;10-7-1-14-8(2-13-7)15-3-5-6(4-15)9(5,11)12;6-4-2-1-3-5(7)8-4/h1-5,8-9H,6-7H2,(H2,17,20);1-2,5-6H,3-4H2;1-3H,(H2,7,8). The number of nitrogens with two attached hydrogens (primary N) is 2. The number of rotatable bonds is 3. The number of pyridine rings is 2. The van der Waals surface area contributed by atoms with E-state index in [4.69, 9.17) is 11.5 Å². The van der Waals surface area contributed by atoms with Crippen molar-refractivity contribution in [2.75, 3.05) is 47.4 Å². The van der Waals surface area contributed by atoms with Crippen LogP contribution in [0.5, 0.6) is 0 Å². The maximum absolute atomic E-state index is 13.2. The molecular formula is C28H26Br2F4N10. The van der Waals surface area contributed by atoms with Gasteiger partial charge in [0.2, 0.25) is 0 Å². The molecular weight excluding hydrogens is 712 g/mol. The number of fused-ring (bicyclic) bond motifs is 2. The molecule has 2 saturated carbocycles. The van der Waals surface area contributed by atoms with Gasteiger partial charge in [-0.05, 0) is 56.1 Å². The van der Waals surface area contributed by atoms with Gasteiger partial charge in [0.1, 0.15) is 38.2 Å². The third kappa shape index (κ3) is 6.27. The van der Waals surface area contributed by atoms with E-state index in [0.29, 0.717) is 65.4 Å². The Hall–Kier alpha value is -3.66. The summed E-state index contributed by atoms with van der Waals surface area (Å²) in [5, 5.41) is 0. The second kappa shape index (κ2) is 11.7. The van der Waals surface area contributed by atoms with Gasteiger partial charge >= 0.3 is 0 Å². The maximum Gasteiger partial charge on any atom is 0.258 e. The van der Waals surface area contributed by atoms with Crippen molar-refractivity contribution < 1.29 is 17.6 Å². The van der Waals surface area contributed by atoms with E-state index in [0.717, 1.165) is 4.60 Å². The molecule has 8 rings (SSSR count). The number of aromatic nitrogens is 6. The van der Waals surface area contributed by atoms with Gasteiger partial charge in [0.15, 0.2) is 0 Å². The summed E-state index contributed by atoms with van der Waals surface area (Å²) in [6.45, 7) is 1.49. The molecule has 0 amide bonds. The SMILES string of the molecule is FC1(F)C2CN(c3cnc(Br)cn3)CC21.Nc1cccc(-c2cnc(N3CC4C(C3)C4(F)F)cn2)n1.Nc1cccc(Br)n1. The summed E-state index contributed by atoms with van der Waals surface area (Å²) in [6, 6.07) is 10.7. The molecule has 4 aromatic heterocycles. The van der Waals surface area contributed by atoms with Crippen molar-refractivity contribution in [3.8, 4) is 11.4 Å². The van der Waals surface area contributed by atoms with Crippen LogP contribution in [0.15, 0.2) is 70.4 Å². The average Bonchev–Trinajstić information content (AvgIpc) is 3.47. The fourth-order valence-corrected chi connectivity index (χ4v) is 6.06. The minimum absolute atomic E-state index is 0.349. The number of nitrogen functional groups attached to an aromatic ring is 2. The van der Waals surface area contributed by atoms with Crippen LogP contribution in [0.2, 0.25) is 0 Å². The molecule has 6 heterocycles. The van der Waals surface area contributed by atoms with Gasteiger partial charge in [-0.1, -0.05) is 12.1 Å². The van der Waals surface area contributed by atoms with Gasteiger partial charge in [0.25, 0.3) is 11.8 Å². The molecule has 4 atom stereocenters. The Bertz CT molecular complexity index is 1580. The van der Waals surface area contributed by atoms with Crippen LogP contribution in [0.3, 0.4) is 0 Å². The highest BCUT2D eigenvalue weighted by Crippen LogP contribution is 2.60. The maximum atomic E-state index is 13.2. The zero-order valence-electron chi connectivity index (χ0n) is 22.9. The van der Waals surface area contributed by atoms with E-state index in [9.17, 15) is 17.6 Å². The highest BCUT2D eigenvalue weighted by atomic mass is 79.9. The molecule has 4 aromatic rings. The fourth-order valence-electron chi connectivity index (χ4n) is 5.49. The normalized spacial score (nSPS) is 24.7. The van der Waals surface area contributed by atoms with Gasteiger partial charge in [-0.3, -0.25) is 0 Å². The molecule has 0 radical (unpaired) electrons. The van der Waals surface area contributed by atoms with Crippen LogP contribution >= 0.6 is 31.9 Å². The Morgan fingerprint density at radius 3 is 1.50 bits per heavy atom. The van der Waals surface area contributed by atoms with E-state index in [1.54, 1.807) is 49.1 Å². The van der Waals surface area contributed by atoms with Gasteiger partial charge in [0, 0.05) is 26.2 Å². The lowest BCUT2D eigenvalue weighted by molar-refractivity contribution is 0.0791.